The van der Waals surface area contributed by atoms with Crippen molar-refractivity contribution < 1.29 is 17.9 Å². The van der Waals surface area contributed by atoms with E-state index in [4.69, 9.17) is 9.47 Å². The Bertz CT molecular complexity index is 746. The standard InChI is InChI=1S/C18H27N3O4S.HI/c1-19-17(21-10-7-18(13-21)8-11-24-14-18)20-9-12-25-15-3-5-16(6-4-15)26(2,22)23;/h3-6H,7-14H2,1-2H3,(H,19,20);1H. The molecule has 1 aromatic carbocycles. The van der Waals surface area contributed by atoms with Gasteiger partial charge in [-0.05, 0) is 37.1 Å². The normalized spacial score (nSPS) is 22.7. The lowest BCUT2D eigenvalue weighted by molar-refractivity contribution is 0.156. The predicted molar refractivity (Wildman–Crippen MR) is 116 cm³/mol. The van der Waals surface area contributed by atoms with Crippen molar-refractivity contribution in [2.45, 2.75) is 17.7 Å². The van der Waals surface area contributed by atoms with Crippen LogP contribution in [0.1, 0.15) is 12.8 Å². The average molecular weight is 509 g/mol. The second kappa shape index (κ2) is 9.42. The van der Waals surface area contributed by atoms with Gasteiger partial charge in [0.15, 0.2) is 15.8 Å². The van der Waals surface area contributed by atoms with Gasteiger partial charge in [-0.15, -0.1) is 24.0 Å². The predicted octanol–water partition coefficient (Wildman–Crippen LogP) is 1.77. The number of guanidine groups is 1. The van der Waals surface area contributed by atoms with Crippen LogP contribution in [0.15, 0.2) is 34.2 Å². The number of benzene rings is 1. The number of halogens is 1. The first-order valence-electron chi connectivity index (χ1n) is 8.88. The maximum atomic E-state index is 11.5. The minimum absolute atomic E-state index is 0. The van der Waals surface area contributed by atoms with Crippen LogP contribution >= 0.6 is 24.0 Å². The molecule has 27 heavy (non-hydrogen) atoms. The molecule has 1 N–H and O–H groups in total. The molecule has 2 heterocycles. The minimum Gasteiger partial charge on any atom is -0.492 e. The van der Waals surface area contributed by atoms with Crippen LogP contribution in [-0.4, -0.2) is 72.0 Å². The third-order valence-corrected chi connectivity index (χ3v) is 6.17. The molecule has 1 spiro atoms. The summed E-state index contributed by atoms with van der Waals surface area (Å²) in [6, 6.07) is 6.47. The van der Waals surface area contributed by atoms with Gasteiger partial charge in [0.2, 0.25) is 0 Å². The fourth-order valence-corrected chi connectivity index (χ4v) is 4.16. The Balaban J connectivity index is 0.00000261. The highest BCUT2D eigenvalue weighted by Gasteiger charge is 2.42. The molecule has 7 nitrogen and oxygen atoms in total. The van der Waals surface area contributed by atoms with E-state index in [1.807, 2.05) is 0 Å². The van der Waals surface area contributed by atoms with E-state index in [-0.39, 0.29) is 24.0 Å². The topological polar surface area (TPSA) is 80.2 Å². The summed E-state index contributed by atoms with van der Waals surface area (Å²) < 4.78 is 34.2. The Morgan fingerprint density at radius 2 is 2.07 bits per heavy atom. The zero-order valence-corrected chi connectivity index (χ0v) is 19.0. The van der Waals surface area contributed by atoms with Gasteiger partial charge in [0.05, 0.1) is 18.0 Å². The third kappa shape index (κ3) is 5.71. The van der Waals surface area contributed by atoms with Crippen LogP contribution in [0.4, 0.5) is 0 Å². The molecule has 9 heteroatoms. The quantitative estimate of drug-likeness (QED) is 0.282. The summed E-state index contributed by atoms with van der Waals surface area (Å²) in [5, 5.41) is 3.34. The van der Waals surface area contributed by atoms with Crippen molar-refractivity contribution in [2.24, 2.45) is 10.4 Å². The van der Waals surface area contributed by atoms with E-state index < -0.39 is 9.84 Å². The first-order valence-corrected chi connectivity index (χ1v) is 10.8. The smallest absolute Gasteiger partial charge is 0.193 e. The van der Waals surface area contributed by atoms with Crippen LogP contribution < -0.4 is 10.1 Å². The molecule has 0 bridgehead atoms. The van der Waals surface area contributed by atoms with Crippen molar-refractivity contribution in [1.82, 2.24) is 10.2 Å². The van der Waals surface area contributed by atoms with Gasteiger partial charge in [-0.1, -0.05) is 0 Å². The minimum atomic E-state index is -3.18. The number of ether oxygens (including phenoxy) is 2. The fourth-order valence-electron chi connectivity index (χ4n) is 3.53. The van der Waals surface area contributed by atoms with Gasteiger partial charge in [-0.2, -0.15) is 0 Å². The Hall–Kier alpha value is -1.07. The van der Waals surface area contributed by atoms with E-state index in [0.717, 1.165) is 45.1 Å². The molecule has 1 unspecified atom stereocenters. The molecule has 2 aliphatic heterocycles. The number of nitrogens with zero attached hydrogens (tertiary/aromatic N) is 2. The van der Waals surface area contributed by atoms with E-state index in [1.54, 1.807) is 31.3 Å². The molecule has 1 aromatic rings. The lowest BCUT2D eigenvalue weighted by Crippen LogP contribution is -2.42. The van der Waals surface area contributed by atoms with Gasteiger partial charge in [0, 0.05) is 38.4 Å². The number of rotatable bonds is 5. The lowest BCUT2D eigenvalue weighted by Gasteiger charge is -2.24. The Kier molecular flexibility index (Phi) is 7.75. The van der Waals surface area contributed by atoms with E-state index in [9.17, 15) is 8.42 Å². The molecule has 2 saturated heterocycles. The van der Waals surface area contributed by atoms with E-state index in [1.165, 1.54) is 6.26 Å². The van der Waals surface area contributed by atoms with Crippen LogP contribution in [-0.2, 0) is 14.6 Å². The molecule has 2 aliphatic rings. The van der Waals surface area contributed by atoms with Gasteiger partial charge in [-0.3, -0.25) is 4.99 Å². The molecule has 1 atom stereocenters. The average Bonchev–Trinajstić information content (AvgIpc) is 3.25. The summed E-state index contributed by atoms with van der Waals surface area (Å²) in [6.45, 7) is 4.80. The van der Waals surface area contributed by atoms with Crippen LogP contribution in [0, 0.1) is 5.41 Å². The second-order valence-electron chi connectivity index (χ2n) is 7.04. The van der Waals surface area contributed by atoms with Crippen LogP contribution in [0.5, 0.6) is 5.75 Å². The summed E-state index contributed by atoms with van der Waals surface area (Å²) in [5.41, 5.74) is 0.301. The van der Waals surface area contributed by atoms with Crippen molar-refractivity contribution in [3.63, 3.8) is 0 Å². The van der Waals surface area contributed by atoms with Crippen molar-refractivity contribution in [2.75, 3.05) is 52.8 Å². The molecule has 3 rings (SSSR count). The van der Waals surface area contributed by atoms with Crippen LogP contribution in [0.3, 0.4) is 0 Å². The van der Waals surface area contributed by atoms with E-state index in [0.29, 0.717) is 29.2 Å². The summed E-state index contributed by atoms with van der Waals surface area (Å²) >= 11 is 0. The molecule has 0 radical (unpaired) electrons. The Morgan fingerprint density at radius 1 is 1.33 bits per heavy atom. The molecule has 0 saturated carbocycles. The summed E-state index contributed by atoms with van der Waals surface area (Å²) in [4.78, 5) is 6.96. The fraction of sp³-hybridized carbons (Fsp3) is 0.611. The second-order valence-corrected chi connectivity index (χ2v) is 9.06. The highest BCUT2D eigenvalue weighted by molar-refractivity contribution is 14.0. The van der Waals surface area contributed by atoms with Crippen molar-refractivity contribution in [1.29, 1.82) is 0 Å². The van der Waals surface area contributed by atoms with Gasteiger partial charge < -0.3 is 19.7 Å². The monoisotopic (exact) mass is 509 g/mol. The van der Waals surface area contributed by atoms with Crippen molar-refractivity contribution in [3.05, 3.63) is 24.3 Å². The summed E-state index contributed by atoms with van der Waals surface area (Å²) in [6.07, 6.45) is 3.47. The number of hydrogen-bond donors (Lipinski definition) is 1. The molecule has 2 fully saturated rings. The SMILES string of the molecule is CN=C(NCCOc1ccc(S(C)(=O)=O)cc1)N1CCC2(CCOC2)C1.I. The van der Waals surface area contributed by atoms with Gasteiger partial charge >= 0.3 is 0 Å². The van der Waals surface area contributed by atoms with Crippen molar-refractivity contribution in [3.8, 4) is 5.75 Å². The maximum absolute atomic E-state index is 11.5. The zero-order chi connectivity index (χ0) is 18.6. The number of hydrogen-bond acceptors (Lipinski definition) is 5. The van der Waals surface area contributed by atoms with Crippen molar-refractivity contribution >= 4 is 39.8 Å². The third-order valence-electron chi connectivity index (χ3n) is 5.04. The molecular formula is C18H28IN3O4S. The van der Waals surface area contributed by atoms with E-state index >= 15 is 0 Å². The molecular weight excluding hydrogens is 481 g/mol. The highest BCUT2D eigenvalue weighted by atomic mass is 127. The van der Waals surface area contributed by atoms with Crippen LogP contribution in [0.2, 0.25) is 0 Å². The highest BCUT2D eigenvalue weighted by Crippen LogP contribution is 2.38. The molecule has 0 aromatic heterocycles. The lowest BCUT2D eigenvalue weighted by atomic mass is 9.87. The van der Waals surface area contributed by atoms with Crippen LogP contribution in [0.25, 0.3) is 0 Å². The number of nitrogens with one attached hydrogen (secondary N) is 1. The van der Waals surface area contributed by atoms with Gasteiger partial charge in [0.1, 0.15) is 12.4 Å². The molecule has 0 aliphatic carbocycles. The number of aliphatic imine (C=N–C) groups is 1. The van der Waals surface area contributed by atoms with Gasteiger partial charge in [-0.25, -0.2) is 8.42 Å². The zero-order valence-electron chi connectivity index (χ0n) is 15.8. The first-order chi connectivity index (χ1) is 12.4. The maximum Gasteiger partial charge on any atom is 0.193 e. The van der Waals surface area contributed by atoms with E-state index in [2.05, 4.69) is 15.2 Å². The Morgan fingerprint density at radius 3 is 2.67 bits per heavy atom. The Labute approximate surface area is 178 Å². The summed E-state index contributed by atoms with van der Waals surface area (Å²) in [7, 11) is -1.38. The molecule has 0 amide bonds. The first kappa shape index (κ1) is 22.2. The largest absolute Gasteiger partial charge is 0.492 e. The molecule has 152 valence electrons. The number of sulfone groups is 1. The van der Waals surface area contributed by atoms with Gasteiger partial charge in [0.25, 0.3) is 0 Å². The summed E-state index contributed by atoms with van der Waals surface area (Å²) in [5.74, 6) is 1.54. The number of likely N-dealkylation sites (tertiary alicyclic amines) is 1.